The number of phenols is 2. The van der Waals surface area contributed by atoms with Crippen LogP contribution in [-0.2, 0) is 60.8 Å². The van der Waals surface area contributed by atoms with E-state index in [1.54, 1.807) is 26.0 Å². The molecule has 25 heteroatoms. The topological polar surface area (TPSA) is 414 Å². The number of carboxylic acids is 2. The van der Waals surface area contributed by atoms with Crippen LogP contribution in [0.3, 0.4) is 0 Å². The van der Waals surface area contributed by atoms with Crippen LogP contribution in [0, 0.1) is 11.8 Å². The van der Waals surface area contributed by atoms with E-state index in [4.69, 9.17) is 5.73 Å². The number of aliphatic hydroxyl groups is 2. The fraction of sp³-hybridized carbons (Fsp3) is 0.500. The summed E-state index contributed by atoms with van der Waals surface area (Å²) in [5, 5.41) is 76.7. The Morgan fingerprint density at radius 1 is 0.536 bits per heavy atom. The highest BCUT2D eigenvalue weighted by atomic mass is 16.4. The highest BCUT2D eigenvalue weighted by Gasteiger charge is 2.35. The molecule has 0 heterocycles. The highest BCUT2D eigenvalue weighted by Crippen LogP contribution is 2.14. The van der Waals surface area contributed by atoms with Crippen molar-refractivity contribution in [1.82, 2.24) is 42.5 Å². The van der Waals surface area contributed by atoms with Gasteiger partial charge in [-0.15, -0.1) is 0 Å². The molecule has 0 radical (unpaired) electrons. The first-order valence-electron chi connectivity index (χ1n) is 21.7. The van der Waals surface area contributed by atoms with Crippen molar-refractivity contribution in [3.63, 3.8) is 0 Å². The summed E-state index contributed by atoms with van der Waals surface area (Å²) < 4.78 is 0. The normalized spacial score (nSPS) is 14.5. The van der Waals surface area contributed by atoms with E-state index in [0.29, 0.717) is 11.1 Å². The van der Waals surface area contributed by atoms with Crippen molar-refractivity contribution < 1.29 is 78.6 Å². The second-order valence-electron chi connectivity index (χ2n) is 16.9. The van der Waals surface area contributed by atoms with Gasteiger partial charge in [0.2, 0.25) is 47.3 Å². The maximum absolute atomic E-state index is 13.8. The molecule has 25 nitrogen and oxygen atoms in total. The van der Waals surface area contributed by atoms with Crippen molar-refractivity contribution in [3.05, 3.63) is 59.7 Å². The Morgan fingerprint density at radius 2 is 1.01 bits per heavy atom. The lowest BCUT2D eigenvalue weighted by Gasteiger charge is -2.28. The van der Waals surface area contributed by atoms with Crippen molar-refractivity contribution >= 4 is 59.2 Å². The average Bonchev–Trinajstić information content (AvgIpc) is 3.27. The number of amides is 8. The quantitative estimate of drug-likeness (QED) is 0.0386. The maximum atomic E-state index is 13.8. The van der Waals surface area contributed by atoms with E-state index in [0.717, 1.165) is 0 Å². The van der Waals surface area contributed by atoms with Crippen LogP contribution in [0.25, 0.3) is 0 Å². The van der Waals surface area contributed by atoms with Crippen molar-refractivity contribution in [2.75, 3.05) is 19.7 Å². The van der Waals surface area contributed by atoms with Crippen molar-refractivity contribution in [1.29, 1.82) is 0 Å². The summed E-state index contributed by atoms with van der Waals surface area (Å²) in [5.41, 5.74) is 6.92. The lowest BCUT2D eigenvalue weighted by atomic mass is 10.0. The number of hydrogen-bond donors (Lipinski definition) is 15. The number of aliphatic hydroxyl groups excluding tert-OH is 2. The number of aliphatic carboxylic acids is 2. The molecular weight excluding hydrogens is 911 g/mol. The molecule has 2 aromatic carbocycles. The lowest BCUT2D eigenvalue weighted by molar-refractivity contribution is -0.143. The number of hydrogen-bond acceptors (Lipinski definition) is 15. The Morgan fingerprint density at radius 3 is 1.51 bits per heavy atom. The summed E-state index contributed by atoms with van der Waals surface area (Å²) in [5.74, 6) is -12.0. The molecule has 0 bridgehead atoms. The van der Waals surface area contributed by atoms with Crippen LogP contribution in [0.5, 0.6) is 11.5 Å². The zero-order chi connectivity index (χ0) is 52.1. The van der Waals surface area contributed by atoms with Gasteiger partial charge in [-0.1, -0.05) is 52.0 Å². The molecule has 0 aliphatic carbocycles. The zero-order valence-electron chi connectivity index (χ0n) is 38.7. The maximum Gasteiger partial charge on any atom is 0.326 e. The molecule has 0 saturated carbocycles. The summed E-state index contributed by atoms with van der Waals surface area (Å²) >= 11 is 0. The minimum absolute atomic E-state index is 0.000113. The third-order valence-corrected chi connectivity index (χ3v) is 10.1. The largest absolute Gasteiger partial charge is 0.508 e. The second-order valence-corrected chi connectivity index (χ2v) is 16.9. The Balaban J connectivity index is 2.15. The van der Waals surface area contributed by atoms with Gasteiger partial charge in [0.25, 0.3) is 0 Å². The van der Waals surface area contributed by atoms with Gasteiger partial charge in [0.15, 0.2) is 0 Å². The minimum atomic E-state index is -1.89. The molecule has 380 valence electrons. The van der Waals surface area contributed by atoms with E-state index in [-0.39, 0.29) is 36.7 Å². The first-order chi connectivity index (χ1) is 32.3. The number of carbonyl (C=O) groups excluding carboxylic acids is 8. The summed E-state index contributed by atoms with van der Waals surface area (Å²) in [4.78, 5) is 129. The van der Waals surface area contributed by atoms with Crippen LogP contribution in [0.4, 0.5) is 0 Å². The van der Waals surface area contributed by atoms with E-state index in [9.17, 15) is 78.6 Å². The molecule has 16 N–H and O–H groups in total. The molecule has 0 spiro atoms. The van der Waals surface area contributed by atoms with E-state index in [2.05, 4.69) is 42.5 Å². The second kappa shape index (κ2) is 28.1. The van der Waals surface area contributed by atoms with Gasteiger partial charge in [-0.3, -0.25) is 43.2 Å². The number of carbonyl (C=O) groups is 10. The summed E-state index contributed by atoms with van der Waals surface area (Å²) in [7, 11) is 0. The number of rotatable bonds is 28. The first-order valence-corrected chi connectivity index (χ1v) is 21.7. The van der Waals surface area contributed by atoms with Gasteiger partial charge in [0.05, 0.1) is 38.3 Å². The number of nitrogens with one attached hydrogen (secondary N) is 8. The molecule has 0 aromatic heterocycles. The smallest absolute Gasteiger partial charge is 0.326 e. The van der Waals surface area contributed by atoms with Gasteiger partial charge in [-0.2, -0.15) is 0 Å². The molecule has 0 fully saturated rings. The molecule has 0 saturated heterocycles. The van der Waals surface area contributed by atoms with Gasteiger partial charge in [0, 0.05) is 6.42 Å². The fourth-order valence-corrected chi connectivity index (χ4v) is 6.35. The molecule has 8 atom stereocenters. The molecule has 2 aromatic rings. The molecule has 2 rings (SSSR count). The fourth-order valence-electron chi connectivity index (χ4n) is 6.35. The summed E-state index contributed by atoms with van der Waals surface area (Å²) in [6.07, 6.45) is -2.74. The average molecular weight is 974 g/mol. The van der Waals surface area contributed by atoms with Gasteiger partial charge in [-0.25, -0.2) is 4.79 Å². The predicted molar refractivity (Wildman–Crippen MR) is 242 cm³/mol. The van der Waals surface area contributed by atoms with E-state index >= 15 is 0 Å². The van der Waals surface area contributed by atoms with Gasteiger partial charge < -0.3 is 78.9 Å². The molecular formula is C44H63N9O16. The highest BCUT2D eigenvalue weighted by molar-refractivity contribution is 5.98. The molecule has 8 amide bonds. The standard InChI is InChI=1S/C44H63N9O16/c1-21(2)14-31(44(68)69)50-41(65)32(20-54)51-43(67)36(22(3)4)52-40(64)30(17-35(60)61)49-39(63)29(16-25-8-12-27(57)13-9-25)48-34(59)19-46-33(58)18-47-42(66)37(23(5)55)53-38(62)28(45)15-24-6-10-26(56)11-7-24/h6-13,21-23,28-32,36-37,54-57H,14-20,45H2,1-5H3,(H,46,58)(H,47,66)(H,48,59)(H,49,63)(H,50,65)(H,51,67)(H,52,64)(H,53,62)(H,60,61)(H,68,69)/t23-,28+,29+,30+,31+,32+,36+,37+/m1/s1. The van der Waals surface area contributed by atoms with Crippen LogP contribution >= 0.6 is 0 Å². The number of aromatic hydroxyl groups is 2. The lowest BCUT2D eigenvalue weighted by Crippen LogP contribution is -2.61. The zero-order valence-corrected chi connectivity index (χ0v) is 38.7. The third-order valence-electron chi connectivity index (χ3n) is 10.1. The van der Waals surface area contributed by atoms with Gasteiger partial charge in [-0.05, 0) is 67.0 Å². The van der Waals surface area contributed by atoms with E-state index < -0.39 is 140 Å². The Labute approximate surface area is 396 Å². The van der Waals surface area contributed by atoms with Crippen molar-refractivity contribution in [3.8, 4) is 11.5 Å². The Hall–Kier alpha value is -7.38. The molecule has 69 heavy (non-hydrogen) atoms. The summed E-state index contributed by atoms with van der Waals surface area (Å²) in [6.45, 7) is 5.10. The Kier molecular flexibility index (Phi) is 23.5. The predicted octanol–water partition coefficient (Wildman–Crippen LogP) is -4.01. The Bertz CT molecular complexity index is 2120. The number of carboxylic acid groups (broad SMARTS) is 2. The van der Waals surface area contributed by atoms with Crippen LogP contribution in [0.15, 0.2) is 48.5 Å². The van der Waals surface area contributed by atoms with Crippen molar-refractivity contribution in [2.45, 2.75) is 109 Å². The van der Waals surface area contributed by atoms with Crippen LogP contribution in [0.1, 0.15) is 58.6 Å². The van der Waals surface area contributed by atoms with E-state index in [1.165, 1.54) is 57.2 Å². The van der Waals surface area contributed by atoms with Crippen LogP contribution in [0.2, 0.25) is 0 Å². The van der Waals surface area contributed by atoms with Crippen LogP contribution in [-0.4, -0.2) is 158 Å². The van der Waals surface area contributed by atoms with Crippen molar-refractivity contribution in [2.24, 2.45) is 17.6 Å². The monoisotopic (exact) mass is 973 g/mol. The SMILES string of the molecule is CC(C)C[C@H](NC(=O)[C@H](CO)NC(=O)[C@@H](NC(=O)[C@H](CC(=O)O)NC(=O)[C@H](Cc1ccc(O)cc1)NC(=O)CNC(=O)CNC(=O)[C@@H](NC(=O)[C@@H](N)Cc1ccc(O)cc1)[C@@H](C)O)C(C)C)C(=O)O. The molecule has 0 unspecified atom stereocenters. The summed E-state index contributed by atoms with van der Waals surface area (Å²) in [6, 6.07) is 0.547. The first kappa shape index (κ1) is 57.7. The minimum Gasteiger partial charge on any atom is -0.508 e. The van der Waals surface area contributed by atoms with E-state index in [1.807, 2.05) is 0 Å². The van der Waals surface area contributed by atoms with Gasteiger partial charge >= 0.3 is 11.9 Å². The molecule has 0 aliphatic heterocycles. The van der Waals surface area contributed by atoms with Gasteiger partial charge in [0.1, 0.15) is 47.8 Å². The number of phenolic OH excluding ortho intramolecular Hbond substituents is 2. The number of benzene rings is 2. The van der Waals surface area contributed by atoms with Crippen LogP contribution < -0.4 is 48.3 Å². The third kappa shape index (κ3) is 20.6. The number of nitrogens with two attached hydrogens (primary N) is 1. The molecule has 0 aliphatic rings.